The fourth-order valence-corrected chi connectivity index (χ4v) is 2.16. The van der Waals surface area contributed by atoms with Crippen LogP contribution >= 0.6 is 0 Å². The minimum absolute atomic E-state index is 0.215. The molecule has 2 unspecified atom stereocenters. The average Bonchev–Trinajstić information content (AvgIpc) is 2.59. The Hall–Kier alpha value is -1.39. The van der Waals surface area contributed by atoms with E-state index >= 15 is 0 Å². The predicted molar refractivity (Wildman–Crippen MR) is 53.3 cm³/mol. The first-order valence-corrected chi connectivity index (χ1v) is 5.20. The molecule has 0 bridgehead atoms. The van der Waals surface area contributed by atoms with E-state index in [2.05, 4.69) is 10.3 Å². The normalized spacial score (nSPS) is 22.1. The quantitative estimate of drug-likeness (QED) is 0.776. The van der Waals surface area contributed by atoms with E-state index < -0.39 is 5.97 Å². The van der Waals surface area contributed by atoms with Crippen LogP contribution in [0, 0.1) is 11.8 Å². The van der Waals surface area contributed by atoms with Gasteiger partial charge in [-0.05, 0) is 25.2 Å². The number of carboxylic acid groups (broad SMARTS) is 1. The van der Waals surface area contributed by atoms with Gasteiger partial charge in [0.2, 0.25) is 0 Å². The summed E-state index contributed by atoms with van der Waals surface area (Å²) in [6, 6.07) is 0. The molecule has 5 nitrogen and oxygen atoms in total. The van der Waals surface area contributed by atoms with E-state index in [1.807, 2.05) is 7.05 Å². The van der Waals surface area contributed by atoms with Gasteiger partial charge < -0.3 is 5.11 Å². The molecule has 2 atom stereocenters. The summed E-state index contributed by atoms with van der Waals surface area (Å²) in [5.74, 6) is -0.779. The van der Waals surface area contributed by atoms with Gasteiger partial charge in [-0.15, -0.1) is 5.10 Å². The molecule has 0 fully saturated rings. The van der Waals surface area contributed by atoms with Crippen LogP contribution in [0.4, 0.5) is 0 Å². The summed E-state index contributed by atoms with van der Waals surface area (Å²) in [5.41, 5.74) is 2.13. The Kier molecular flexibility index (Phi) is 2.46. The highest BCUT2D eigenvalue weighted by atomic mass is 16.4. The highest BCUT2D eigenvalue weighted by Crippen LogP contribution is 2.28. The number of rotatable bonds is 2. The van der Waals surface area contributed by atoms with Crippen LogP contribution in [0.3, 0.4) is 0 Å². The molecule has 0 saturated carbocycles. The molecule has 0 radical (unpaired) electrons. The van der Waals surface area contributed by atoms with Gasteiger partial charge in [0, 0.05) is 7.05 Å². The zero-order valence-corrected chi connectivity index (χ0v) is 8.97. The Labute approximate surface area is 88.1 Å². The number of fused-ring (bicyclic) bond motifs is 1. The standard InChI is InChI=1S/C10H15N3O2/c1-6(10(14)15)7-3-4-8-9(5-7)13(2)12-11-8/h6-7H,3-5H2,1-2H3,(H,14,15). The maximum atomic E-state index is 10.9. The topological polar surface area (TPSA) is 68.0 Å². The van der Waals surface area contributed by atoms with Crippen molar-refractivity contribution >= 4 is 5.97 Å². The van der Waals surface area contributed by atoms with Crippen LogP contribution in [-0.4, -0.2) is 26.1 Å². The molecule has 2 rings (SSSR count). The van der Waals surface area contributed by atoms with E-state index in [-0.39, 0.29) is 11.8 Å². The molecular weight excluding hydrogens is 194 g/mol. The zero-order chi connectivity index (χ0) is 11.0. The fourth-order valence-electron chi connectivity index (χ4n) is 2.16. The Morgan fingerprint density at radius 1 is 1.67 bits per heavy atom. The number of carbonyl (C=O) groups is 1. The molecule has 1 aliphatic carbocycles. The third kappa shape index (κ3) is 1.73. The number of nitrogens with zero attached hydrogens (tertiary/aromatic N) is 3. The number of carboxylic acids is 1. The zero-order valence-electron chi connectivity index (χ0n) is 8.97. The molecule has 1 N–H and O–H groups in total. The summed E-state index contributed by atoms with van der Waals surface area (Å²) in [6.07, 6.45) is 2.54. The van der Waals surface area contributed by atoms with E-state index in [1.165, 1.54) is 0 Å². The molecule has 0 spiro atoms. The lowest BCUT2D eigenvalue weighted by molar-refractivity contribution is -0.143. The van der Waals surface area contributed by atoms with Crippen LogP contribution in [0.15, 0.2) is 0 Å². The van der Waals surface area contributed by atoms with Gasteiger partial charge in [-0.3, -0.25) is 9.48 Å². The third-order valence-corrected chi connectivity index (χ3v) is 3.33. The number of hydrogen-bond acceptors (Lipinski definition) is 3. The van der Waals surface area contributed by atoms with E-state index in [0.717, 1.165) is 30.7 Å². The first-order valence-electron chi connectivity index (χ1n) is 5.20. The summed E-state index contributed by atoms with van der Waals surface area (Å²) in [6.45, 7) is 1.78. The van der Waals surface area contributed by atoms with Gasteiger partial charge in [-0.2, -0.15) is 0 Å². The maximum absolute atomic E-state index is 10.9. The van der Waals surface area contributed by atoms with Gasteiger partial charge in [-0.1, -0.05) is 12.1 Å². The summed E-state index contributed by atoms with van der Waals surface area (Å²) >= 11 is 0. The minimum atomic E-state index is -0.710. The molecule has 1 aliphatic rings. The predicted octanol–water partition coefficient (Wildman–Crippen LogP) is 0.641. The number of aliphatic carboxylic acids is 1. The molecule has 1 heterocycles. The molecule has 5 heteroatoms. The van der Waals surface area contributed by atoms with Crippen molar-refractivity contribution in [3.8, 4) is 0 Å². The van der Waals surface area contributed by atoms with Crippen molar-refractivity contribution in [1.82, 2.24) is 15.0 Å². The van der Waals surface area contributed by atoms with Gasteiger partial charge in [0.15, 0.2) is 0 Å². The SMILES string of the molecule is CC(C(=O)O)C1CCc2nnn(C)c2C1. The highest BCUT2D eigenvalue weighted by molar-refractivity contribution is 5.69. The van der Waals surface area contributed by atoms with Crippen LogP contribution in [0.25, 0.3) is 0 Å². The Morgan fingerprint density at radius 2 is 2.40 bits per heavy atom. The van der Waals surface area contributed by atoms with Crippen LogP contribution < -0.4 is 0 Å². The van der Waals surface area contributed by atoms with Gasteiger partial charge in [-0.25, -0.2) is 0 Å². The Balaban J connectivity index is 2.17. The summed E-state index contributed by atoms with van der Waals surface area (Å²) in [4.78, 5) is 10.9. The van der Waals surface area contributed by atoms with Crippen molar-refractivity contribution in [2.24, 2.45) is 18.9 Å². The first-order chi connectivity index (χ1) is 7.09. The fraction of sp³-hybridized carbons (Fsp3) is 0.700. The van der Waals surface area contributed by atoms with E-state index in [0.29, 0.717) is 0 Å². The van der Waals surface area contributed by atoms with E-state index in [4.69, 9.17) is 5.11 Å². The van der Waals surface area contributed by atoms with Crippen LogP contribution in [0.2, 0.25) is 0 Å². The summed E-state index contributed by atoms with van der Waals surface area (Å²) in [5, 5.41) is 17.0. The molecule has 82 valence electrons. The second-order valence-electron chi connectivity index (χ2n) is 4.24. The number of aryl methyl sites for hydroxylation is 2. The van der Waals surface area contributed by atoms with Crippen molar-refractivity contribution in [2.45, 2.75) is 26.2 Å². The minimum Gasteiger partial charge on any atom is -0.481 e. The second-order valence-corrected chi connectivity index (χ2v) is 4.24. The lowest BCUT2D eigenvalue weighted by atomic mass is 9.81. The highest BCUT2D eigenvalue weighted by Gasteiger charge is 2.30. The lowest BCUT2D eigenvalue weighted by Crippen LogP contribution is -2.27. The molecule has 0 aliphatic heterocycles. The largest absolute Gasteiger partial charge is 0.481 e. The molecule has 0 saturated heterocycles. The first kappa shape index (κ1) is 10.1. The molecule has 0 amide bonds. The van der Waals surface area contributed by atoms with Crippen molar-refractivity contribution in [2.75, 3.05) is 0 Å². The Morgan fingerprint density at radius 3 is 3.07 bits per heavy atom. The molecule has 1 aromatic heterocycles. The van der Waals surface area contributed by atoms with Crippen molar-refractivity contribution in [3.05, 3.63) is 11.4 Å². The average molecular weight is 209 g/mol. The lowest BCUT2D eigenvalue weighted by Gasteiger charge is -2.24. The van der Waals surface area contributed by atoms with Crippen LogP contribution in [0.5, 0.6) is 0 Å². The van der Waals surface area contributed by atoms with Crippen LogP contribution in [-0.2, 0) is 24.7 Å². The Bertz CT molecular complexity index is 386. The third-order valence-electron chi connectivity index (χ3n) is 3.33. The molecule has 0 aromatic carbocycles. The monoisotopic (exact) mass is 209 g/mol. The van der Waals surface area contributed by atoms with E-state index in [9.17, 15) is 4.79 Å². The van der Waals surface area contributed by atoms with Gasteiger partial charge in [0.1, 0.15) is 0 Å². The number of aromatic nitrogens is 3. The van der Waals surface area contributed by atoms with Crippen molar-refractivity contribution in [3.63, 3.8) is 0 Å². The second kappa shape index (κ2) is 3.64. The smallest absolute Gasteiger partial charge is 0.306 e. The summed E-state index contributed by atoms with van der Waals surface area (Å²) in [7, 11) is 1.86. The molecule has 15 heavy (non-hydrogen) atoms. The molecule has 1 aromatic rings. The molecular formula is C10H15N3O2. The summed E-state index contributed by atoms with van der Waals surface area (Å²) < 4.78 is 1.76. The van der Waals surface area contributed by atoms with Crippen LogP contribution in [0.1, 0.15) is 24.7 Å². The van der Waals surface area contributed by atoms with Crippen molar-refractivity contribution in [1.29, 1.82) is 0 Å². The van der Waals surface area contributed by atoms with Gasteiger partial charge >= 0.3 is 5.97 Å². The van der Waals surface area contributed by atoms with Gasteiger partial charge in [0.05, 0.1) is 17.3 Å². The van der Waals surface area contributed by atoms with Crippen molar-refractivity contribution < 1.29 is 9.90 Å². The van der Waals surface area contributed by atoms with E-state index in [1.54, 1.807) is 11.6 Å². The maximum Gasteiger partial charge on any atom is 0.306 e. The van der Waals surface area contributed by atoms with Gasteiger partial charge in [0.25, 0.3) is 0 Å². The number of hydrogen-bond donors (Lipinski definition) is 1.